The lowest BCUT2D eigenvalue weighted by Crippen LogP contribution is -1.93. The first-order valence-electron chi connectivity index (χ1n) is 15.3. The first-order valence-corrected chi connectivity index (χ1v) is 15.3. The second kappa shape index (κ2) is 10.3. The Bertz CT molecular complexity index is 2470. The van der Waals surface area contributed by atoms with Crippen LogP contribution in [0.5, 0.6) is 0 Å². The smallest absolute Gasteiger partial charge is 0.145 e. The summed E-state index contributed by atoms with van der Waals surface area (Å²) in [6, 6.07) is 57.8. The van der Waals surface area contributed by atoms with Crippen molar-refractivity contribution in [3.05, 3.63) is 164 Å². The van der Waals surface area contributed by atoms with Gasteiger partial charge in [0.1, 0.15) is 11.2 Å². The zero-order chi connectivity index (χ0) is 29.7. The van der Waals surface area contributed by atoms with Gasteiger partial charge in [0.25, 0.3) is 0 Å². The molecule has 45 heavy (non-hydrogen) atoms. The average molecular weight is 577 g/mol. The number of nitrogens with one attached hydrogen (secondary N) is 1. The molecule has 9 aromatic rings. The summed E-state index contributed by atoms with van der Waals surface area (Å²) >= 11 is 0. The normalized spacial score (nSPS) is 11.6. The molecule has 0 amide bonds. The number of anilines is 2. The number of hydrogen-bond donors (Lipinski definition) is 1. The van der Waals surface area contributed by atoms with Gasteiger partial charge in [-0.3, -0.25) is 0 Å². The van der Waals surface area contributed by atoms with Crippen molar-refractivity contribution in [2.24, 2.45) is 0 Å². The number of para-hydroxylation sites is 2. The highest BCUT2D eigenvalue weighted by atomic mass is 16.3. The van der Waals surface area contributed by atoms with Crippen molar-refractivity contribution in [3.63, 3.8) is 0 Å². The first kappa shape index (κ1) is 25.4. The van der Waals surface area contributed by atoms with Crippen LogP contribution < -0.4 is 5.32 Å². The van der Waals surface area contributed by atoms with Crippen molar-refractivity contribution in [2.45, 2.75) is 0 Å². The fourth-order valence-electron chi connectivity index (χ4n) is 6.61. The number of benzene rings is 7. The van der Waals surface area contributed by atoms with E-state index >= 15 is 0 Å². The third-order valence-corrected chi connectivity index (χ3v) is 8.79. The summed E-state index contributed by atoms with van der Waals surface area (Å²) in [5, 5.41) is 8.16. The minimum Gasteiger partial charge on any atom is -0.455 e. The van der Waals surface area contributed by atoms with Crippen LogP contribution in [0.1, 0.15) is 0 Å². The number of hydrogen-bond acceptors (Lipinski definition) is 2. The van der Waals surface area contributed by atoms with Crippen molar-refractivity contribution in [1.29, 1.82) is 0 Å². The highest BCUT2D eigenvalue weighted by Gasteiger charge is 2.19. The molecule has 7 aromatic carbocycles. The Kier molecular flexibility index (Phi) is 5.82. The topological polar surface area (TPSA) is 30.1 Å². The van der Waals surface area contributed by atoms with E-state index < -0.39 is 0 Å². The number of fused-ring (bicyclic) bond motifs is 7. The molecule has 0 bridgehead atoms. The number of furan rings is 1. The van der Waals surface area contributed by atoms with Crippen LogP contribution >= 0.6 is 0 Å². The van der Waals surface area contributed by atoms with E-state index in [0.29, 0.717) is 0 Å². The molecule has 3 nitrogen and oxygen atoms in total. The second-order valence-corrected chi connectivity index (χ2v) is 11.5. The fourth-order valence-corrected chi connectivity index (χ4v) is 6.61. The van der Waals surface area contributed by atoms with Gasteiger partial charge >= 0.3 is 0 Å². The Morgan fingerprint density at radius 2 is 1.00 bits per heavy atom. The Labute approximate surface area is 260 Å². The molecule has 0 saturated carbocycles. The van der Waals surface area contributed by atoms with E-state index in [-0.39, 0.29) is 0 Å². The molecule has 0 spiro atoms. The van der Waals surface area contributed by atoms with E-state index in [4.69, 9.17) is 4.42 Å². The first-order chi connectivity index (χ1) is 22.3. The summed E-state index contributed by atoms with van der Waals surface area (Å²) in [5.41, 5.74) is 12.2. The van der Waals surface area contributed by atoms with E-state index in [1.807, 2.05) is 12.1 Å². The maximum atomic E-state index is 6.55. The van der Waals surface area contributed by atoms with Crippen LogP contribution in [0.25, 0.3) is 71.7 Å². The number of rotatable bonds is 5. The lowest BCUT2D eigenvalue weighted by molar-refractivity contribution is 0.673. The standard InChI is InChI=1S/C42H28N2O/c1-3-9-28(10-4-1)29-15-20-32(21-16-29)43-33-22-17-30(18-23-33)31-19-25-38-37(27-31)41-39(44(38)34-11-5-2-6-12-34)26-24-36-35-13-7-8-14-40(35)45-42(36)41/h1-27,43H. The molecule has 9 rings (SSSR count). The molecule has 0 aliphatic carbocycles. The third kappa shape index (κ3) is 4.29. The highest BCUT2D eigenvalue weighted by Crippen LogP contribution is 2.41. The maximum absolute atomic E-state index is 6.55. The Balaban J connectivity index is 1.12. The van der Waals surface area contributed by atoms with Gasteiger partial charge < -0.3 is 14.3 Å². The predicted molar refractivity (Wildman–Crippen MR) is 189 cm³/mol. The molecule has 0 fully saturated rings. The van der Waals surface area contributed by atoms with E-state index in [1.165, 1.54) is 27.6 Å². The summed E-state index contributed by atoms with van der Waals surface area (Å²) < 4.78 is 8.90. The largest absolute Gasteiger partial charge is 0.455 e. The van der Waals surface area contributed by atoms with Crippen LogP contribution in [0.15, 0.2) is 168 Å². The van der Waals surface area contributed by atoms with Crippen LogP contribution in [-0.4, -0.2) is 4.57 Å². The lowest BCUT2D eigenvalue weighted by atomic mass is 10.0. The molecular formula is C42H28N2O. The summed E-state index contributed by atoms with van der Waals surface area (Å²) in [6.07, 6.45) is 0. The Morgan fingerprint density at radius 3 is 1.73 bits per heavy atom. The monoisotopic (exact) mass is 576 g/mol. The molecule has 0 aliphatic heterocycles. The van der Waals surface area contributed by atoms with Gasteiger partial charge in [-0.1, -0.05) is 97.1 Å². The molecular weight excluding hydrogens is 548 g/mol. The van der Waals surface area contributed by atoms with Crippen molar-refractivity contribution in [1.82, 2.24) is 4.57 Å². The Hall–Kier alpha value is -6.06. The van der Waals surface area contributed by atoms with Gasteiger partial charge in [0, 0.05) is 33.2 Å². The van der Waals surface area contributed by atoms with Gasteiger partial charge in [-0.25, -0.2) is 0 Å². The van der Waals surface area contributed by atoms with E-state index in [2.05, 4.69) is 162 Å². The molecule has 2 heterocycles. The molecule has 0 unspecified atom stereocenters. The minimum absolute atomic E-state index is 0.912. The molecule has 0 radical (unpaired) electrons. The minimum atomic E-state index is 0.912. The van der Waals surface area contributed by atoms with Gasteiger partial charge in [-0.05, 0) is 89.0 Å². The zero-order valence-electron chi connectivity index (χ0n) is 24.4. The van der Waals surface area contributed by atoms with Gasteiger partial charge in [0.05, 0.1) is 16.4 Å². The highest BCUT2D eigenvalue weighted by molar-refractivity contribution is 6.24. The summed E-state index contributed by atoms with van der Waals surface area (Å²) in [4.78, 5) is 0. The summed E-state index contributed by atoms with van der Waals surface area (Å²) in [6.45, 7) is 0. The van der Waals surface area contributed by atoms with E-state index in [1.54, 1.807) is 0 Å². The van der Waals surface area contributed by atoms with Gasteiger partial charge in [0.2, 0.25) is 0 Å². The van der Waals surface area contributed by atoms with Crippen LogP contribution in [0.2, 0.25) is 0 Å². The van der Waals surface area contributed by atoms with E-state index in [0.717, 1.165) is 55.4 Å². The molecule has 0 atom stereocenters. The molecule has 0 saturated heterocycles. The number of nitrogens with zero attached hydrogens (tertiary/aromatic N) is 1. The number of aromatic nitrogens is 1. The van der Waals surface area contributed by atoms with Crippen LogP contribution in [0, 0.1) is 0 Å². The van der Waals surface area contributed by atoms with Crippen molar-refractivity contribution in [3.8, 4) is 27.9 Å². The maximum Gasteiger partial charge on any atom is 0.145 e. The summed E-state index contributed by atoms with van der Waals surface area (Å²) in [7, 11) is 0. The quantitative estimate of drug-likeness (QED) is 0.221. The van der Waals surface area contributed by atoms with E-state index in [9.17, 15) is 0 Å². The lowest BCUT2D eigenvalue weighted by Gasteiger charge is -2.10. The van der Waals surface area contributed by atoms with Crippen molar-refractivity contribution < 1.29 is 4.42 Å². The molecule has 0 aliphatic rings. The third-order valence-electron chi connectivity index (χ3n) is 8.79. The van der Waals surface area contributed by atoms with Gasteiger partial charge in [-0.2, -0.15) is 0 Å². The average Bonchev–Trinajstić information content (AvgIpc) is 3.65. The molecule has 212 valence electrons. The molecule has 2 aromatic heterocycles. The van der Waals surface area contributed by atoms with Crippen LogP contribution in [-0.2, 0) is 0 Å². The van der Waals surface area contributed by atoms with Crippen LogP contribution in [0.4, 0.5) is 11.4 Å². The van der Waals surface area contributed by atoms with Crippen molar-refractivity contribution in [2.75, 3.05) is 5.32 Å². The van der Waals surface area contributed by atoms with Crippen LogP contribution in [0.3, 0.4) is 0 Å². The Morgan fingerprint density at radius 1 is 0.422 bits per heavy atom. The molecule has 1 N–H and O–H groups in total. The molecule has 3 heteroatoms. The fraction of sp³-hybridized carbons (Fsp3) is 0. The van der Waals surface area contributed by atoms with Crippen molar-refractivity contribution >= 4 is 55.1 Å². The summed E-state index contributed by atoms with van der Waals surface area (Å²) in [5.74, 6) is 0. The van der Waals surface area contributed by atoms with Gasteiger partial charge in [-0.15, -0.1) is 0 Å². The van der Waals surface area contributed by atoms with Gasteiger partial charge in [0.15, 0.2) is 0 Å². The second-order valence-electron chi connectivity index (χ2n) is 11.5. The zero-order valence-corrected chi connectivity index (χ0v) is 24.4. The SMILES string of the molecule is c1ccc(-c2ccc(Nc3ccc(-c4ccc5c(c4)c4c6oc7ccccc7c6ccc4n5-c4ccccc4)cc3)cc2)cc1. The predicted octanol–water partition coefficient (Wildman–Crippen LogP) is 11.8.